The van der Waals surface area contributed by atoms with Crippen LogP contribution in [-0.4, -0.2) is 53.4 Å². The van der Waals surface area contributed by atoms with Gasteiger partial charge in [-0.15, -0.1) is 12.8 Å². The molecular formula is C38H58N4O5. The second-order valence-corrected chi connectivity index (χ2v) is 11.5. The Morgan fingerprint density at radius 1 is 1.04 bits per heavy atom. The number of ether oxygens (including phenoxy) is 1. The number of methoxy groups -OCH3 is 1. The second kappa shape index (κ2) is 22.6. The molecule has 2 aliphatic rings. The fourth-order valence-corrected chi connectivity index (χ4v) is 5.62. The van der Waals surface area contributed by atoms with Gasteiger partial charge in [0.25, 0.3) is 5.56 Å². The van der Waals surface area contributed by atoms with Crippen molar-refractivity contribution in [1.29, 1.82) is 0 Å². The number of likely N-dealkylation sites (tertiary alicyclic amines) is 1. The number of oxazole rings is 1. The van der Waals surface area contributed by atoms with Gasteiger partial charge in [0.1, 0.15) is 11.5 Å². The van der Waals surface area contributed by atoms with Crippen LogP contribution in [-0.2, 0) is 22.6 Å². The fourth-order valence-electron chi connectivity index (χ4n) is 5.62. The van der Waals surface area contributed by atoms with Crippen molar-refractivity contribution in [3.05, 3.63) is 46.8 Å². The Balaban J connectivity index is 0.000000533. The number of aromatic nitrogens is 2. The van der Waals surface area contributed by atoms with Crippen LogP contribution in [0.25, 0.3) is 22.1 Å². The molecule has 0 unspecified atom stereocenters. The van der Waals surface area contributed by atoms with Crippen LogP contribution in [0, 0.1) is 18.3 Å². The molecule has 2 fully saturated rings. The SMILES string of the molecule is C#C.CC.CCC(=O)CCCCCCc1ncc(-c2cc3ccn(CC)c(=O)c3cc2OC)o1.CCN1CCC2(CC1)CC2.NC=O. The largest absolute Gasteiger partial charge is 0.496 e. The molecule has 0 atom stereocenters. The molecular weight excluding hydrogens is 592 g/mol. The van der Waals surface area contributed by atoms with E-state index in [-0.39, 0.29) is 12.0 Å². The van der Waals surface area contributed by atoms with E-state index in [0.29, 0.717) is 48.0 Å². The molecule has 1 saturated carbocycles. The van der Waals surface area contributed by atoms with E-state index < -0.39 is 0 Å². The number of aryl methyl sites for hydroxylation is 2. The van der Waals surface area contributed by atoms with E-state index in [1.807, 2.05) is 39.8 Å². The molecule has 1 aliphatic heterocycles. The number of primary amides is 1. The number of benzene rings is 1. The highest BCUT2D eigenvalue weighted by atomic mass is 16.5. The summed E-state index contributed by atoms with van der Waals surface area (Å²) < 4.78 is 13.2. The number of carbonyl (C=O) groups is 2. The molecule has 2 aromatic heterocycles. The van der Waals surface area contributed by atoms with Crippen LogP contribution < -0.4 is 16.0 Å². The lowest BCUT2D eigenvalue weighted by atomic mass is 9.94. The average Bonchev–Trinajstić information content (AvgIpc) is 3.70. The molecule has 5 rings (SSSR count). The third kappa shape index (κ3) is 13.0. The zero-order chi connectivity index (χ0) is 35.2. The van der Waals surface area contributed by atoms with E-state index in [9.17, 15) is 9.59 Å². The van der Waals surface area contributed by atoms with E-state index in [2.05, 4.69) is 35.4 Å². The third-order valence-corrected chi connectivity index (χ3v) is 8.77. The Morgan fingerprint density at radius 2 is 1.68 bits per heavy atom. The van der Waals surface area contributed by atoms with Crippen molar-refractivity contribution < 1.29 is 18.7 Å². The third-order valence-electron chi connectivity index (χ3n) is 8.77. The smallest absolute Gasteiger partial charge is 0.258 e. The minimum Gasteiger partial charge on any atom is -0.496 e. The summed E-state index contributed by atoms with van der Waals surface area (Å²) in [5.74, 6) is 2.26. The summed E-state index contributed by atoms with van der Waals surface area (Å²) in [5.41, 5.74) is 5.79. The summed E-state index contributed by atoms with van der Waals surface area (Å²) >= 11 is 0. The Hall–Kier alpha value is -3.90. The average molecular weight is 651 g/mol. The molecule has 0 bridgehead atoms. The van der Waals surface area contributed by atoms with Gasteiger partial charge in [-0.05, 0) is 94.1 Å². The van der Waals surface area contributed by atoms with E-state index in [1.54, 1.807) is 30.1 Å². The number of hydrogen-bond donors (Lipinski definition) is 1. The van der Waals surface area contributed by atoms with Gasteiger partial charge in [-0.1, -0.05) is 40.5 Å². The fraction of sp³-hybridized carbons (Fsp3) is 0.579. The molecule has 47 heavy (non-hydrogen) atoms. The van der Waals surface area contributed by atoms with Crippen molar-refractivity contribution in [2.24, 2.45) is 11.1 Å². The first-order valence-electron chi connectivity index (χ1n) is 17.2. The zero-order valence-electron chi connectivity index (χ0n) is 29.7. The number of rotatable bonds is 12. The second-order valence-electron chi connectivity index (χ2n) is 11.5. The lowest BCUT2D eigenvalue weighted by Crippen LogP contribution is -2.34. The summed E-state index contributed by atoms with van der Waals surface area (Å²) in [6.07, 6.45) is 23.9. The van der Waals surface area contributed by atoms with Gasteiger partial charge in [-0.2, -0.15) is 0 Å². The van der Waals surface area contributed by atoms with Gasteiger partial charge in [0.2, 0.25) is 6.41 Å². The normalized spacial score (nSPS) is 14.1. The topological polar surface area (TPSA) is 121 Å². The van der Waals surface area contributed by atoms with Crippen molar-refractivity contribution in [2.75, 3.05) is 26.7 Å². The van der Waals surface area contributed by atoms with Crippen molar-refractivity contribution >= 4 is 23.0 Å². The summed E-state index contributed by atoms with van der Waals surface area (Å²) in [5, 5.41) is 1.47. The molecule has 1 spiro atoms. The molecule has 1 aliphatic carbocycles. The number of amides is 1. The van der Waals surface area contributed by atoms with Gasteiger partial charge in [0.15, 0.2) is 11.7 Å². The van der Waals surface area contributed by atoms with E-state index in [4.69, 9.17) is 13.9 Å². The quantitative estimate of drug-likeness (QED) is 0.123. The first-order valence-corrected chi connectivity index (χ1v) is 17.2. The summed E-state index contributed by atoms with van der Waals surface area (Å²) in [4.78, 5) is 39.5. The van der Waals surface area contributed by atoms with Crippen LogP contribution in [0.1, 0.15) is 105 Å². The number of unbranched alkanes of at least 4 members (excludes halogenated alkanes) is 3. The Morgan fingerprint density at radius 3 is 2.23 bits per heavy atom. The van der Waals surface area contributed by atoms with Crippen molar-refractivity contribution in [1.82, 2.24) is 14.5 Å². The van der Waals surface area contributed by atoms with Gasteiger partial charge < -0.3 is 24.4 Å². The molecule has 9 nitrogen and oxygen atoms in total. The number of piperidine rings is 1. The first kappa shape index (κ1) is 41.1. The summed E-state index contributed by atoms with van der Waals surface area (Å²) in [6.45, 7) is 14.8. The van der Waals surface area contributed by atoms with Crippen LogP contribution >= 0.6 is 0 Å². The molecule has 1 amide bonds. The summed E-state index contributed by atoms with van der Waals surface area (Å²) in [6, 6.07) is 5.63. The molecule has 1 aromatic carbocycles. The van der Waals surface area contributed by atoms with Gasteiger partial charge in [-0.25, -0.2) is 4.98 Å². The molecule has 2 N–H and O–H groups in total. The van der Waals surface area contributed by atoms with Crippen LogP contribution in [0.4, 0.5) is 0 Å². The zero-order valence-corrected chi connectivity index (χ0v) is 29.7. The standard InChI is InChI=1S/C24H30N2O4.C9H17N.C2H6.C2H2.CH3NO/c1-4-18(27)10-8-6-7-9-11-23-25-16-22(30-23)20-14-17-12-13-26(5-2)24(28)19(17)15-21(20)29-3;1-2-10-7-5-9(3-4-9)6-8-10;2*1-2;2-1-3/h12-16H,4-11H2,1-3H3;2-8H2,1H3;1-2H3;1-2H;1H,(H2,2,3). The number of pyridine rings is 1. The van der Waals surface area contributed by atoms with E-state index >= 15 is 0 Å². The maximum absolute atomic E-state index is 12.6. The Bertz CT molecular complexity index is 1410. The number of ketones is 1. The van der Waals surface area contributed by atoms with E-state index in [0.717, 1.165) is 48.5 Å². The van der Waals surface area contributed by atoms with Gasteiger partial charge in [-0.3, -0.25) is 14.4 Å². The number of Topliss-reactive ketones (excluding diaryl/α,β-unsaturated/α-hetero) is 1. The maximum atomic E-state index is 12.6. The van der Waals surface area contributed by atoms with E-state index in [1.165, 1.54) is 45.3 Å². The highest BCUT2D eigenvalue weighted by Gasteiger charge is 2.43. The van der Waals surface area contributed by atoms with Gasteiger partial charge in [0.05, 0.1) is 24.3 Å². The number of fused-ring (bicyclic) bond motifs is 1. The first-order chi connectivity index (χ1) is 22.8. The molecule has 0 radical (unpaired) electrons. The summed E-state index contributed by atoms with van der Waals surface area (Å²) in [7, 11) is 1.59. The molecule has 260 valence electrons. The minimum absolute atomic E-state index is 0.0289. The number of hydrogen-bond acceptors (Lipinski definition) is 7. The Kier molecular flexibility index (Phi) is 19.8. The molecule has 3 aromatic rings. The van der Waals surface area contributed by atoms with Crippen molar-refractivity contribution in [3.8, 4) is 29.9 Å². The number of carbonyl (C=O) groups excluding carboxylic acids is 2. The lowest BCUT2D eigenvalue weighted by molar-refractivity contribution is -0.118. The molecule has 1 saturated heterocycles. The maximum Gasteiger partial charge on any atom is 0.258 e. The number of nitrogens with two attached hydrogens (primary N) is 1. The lowest BCUT2D eigenvalue weighted by Gasteiger charge is -2.30. The highest BCUT2D eigenvalue weighted by molar-refractivity contribution is 5.89. The highest BCUT2D eigenvalue weighted by Crippen LogP contribution is 2.53. The minimum atomic E-state index is -0.0289. The molecule has 9 heteroatoms. The number of nitrogens with zero attached hydrogens (tertiary/aromatic N) is 3. The predicted octanol–water partition coefficient (Wildman–Crippen LogP) is 7.42. The van der Waals surface area contributed by atoms with Crippen LogP contribution in [0.5, 0.6) is 5.75 Å². The predicted molar refractivity (Wildman–Crippen MR) is 193 cm³/mol. The van der Waals surface area contributed by atoms with Gasteiger partial charge >= 0.3 is 0 Å². The van der Waals surface area contributed by atoms with Crippen LogP contribution in [0.3, 0.4) is 0 Å². The van der Waals surface area contributed by atoms with Crippen molar-refractivity contribution in [3.63, 3.8) is 0 Å². The van der Waals surface area contributed by atoms with Crippen LogP contribution in [0.15, 0.2) is 39.8 Å². The number of terminal acetylenes is 1. The van der Waals surface area contributed by atoms with Crippen molar-refractivity contribution in [2.45, 2.75) is 112 Å². The Labute approximate surface area is 282 Å². The van der Waals surface area contributed by atoms with Gasteiger partial charge in [0, 0.05) is 32.0 Å². The van der Waals surface area contributed by atoms with Crippen LogP contribution in [0.2, 0.25) is 0 Å². The molecule has 3 heterocycles. The monoisotopic (exact) mass is 650 g/mol.